The van der Waals surface area contributed by atoms with E-state index in [1.54, 1.807) is 42.5 Å². The quantitative estimate of drug-likeness (QED) is 0.484. The molecule has 4 aromatic rings. The summed E-state index contributed by atoms with van der Waals surface area (Å²) in [6.45, 7) is 4.14. The standard InChI is InChI=1S/C21H17ClN4O2S/c1-12-19(14-7-9-17(22)10-8-14)25-18(29-12)11-23-20(27)15-3-5-16(6-4-15)21-24-13(2)26-28-21/h3-10H,11H2,1-2H3,(H,23,27). The van der Waals surface area contributed by atoms with Crippen LogP contribution in [0.3, 0.4) is 0 Å². The van der Waals surface area contributed by atoms with Crippen LogP contribution in [0.5, 0.6) is 0 Å². The van der Waals surface area contributed by atoms with Crippen molar-refractivity contribution in [2.24, 2.45) is 0 Å². The van der Waals surface area contributed by atoms with E-state index < -0.39 is 0 Å². The van der Waals surface area contributed by atoms with Gasteiger partial charge in [-0.3, -0.25) is 4.79 Å². The van der Waals surface area contributed by atoms with Gasteiger partial charge in [0.15, 0.2) is 5.82 Å². The molecular formula is C21H17ClN4O2S. The Kier molecular flexibility index (Phi) is 5.42. The van der Waals surface area contributed by atoms with Gasteiger partial charge in [-0.25, -0.2) is 4.98 Å². The number of hydrogen-bond acceptors (Lipinski definition) is 6. The van der Waals surface area contributed by atoms with Crippen LogP contribution >= 0.6 is 22.9 Å². The number of thiazole rings is 1. The van der Waals surface area contributed by atoms with Crippen molar-refractivity contribution in [3.63, 3.8) is 0 Å². The SMILES string of the molecule is Cc1noc(-c2ccc(C(=O)NCc3nc(-c4ccc(Cl)cc4)c(C)s3)cc2)n1. The predicted octanol–water partition coefficient (Wildman–Crippen LogP) is 5.06. The second-order valence-electron chi connectivity index (χ2n) is 6.43. The second-order valence-corrected chi connectivity index (χ2v) is 8.15. The first kappa shape index (κ1) is 19.3. The van der Waals surface area contributed by atoms with Crippen molar-refractivity contribution in [3.05, 3.63) is 74.8 Å². The Bertz CT molecular complexity index is 1150. The zero-order valence-corrected chi connectivity index (χ0v) is 17.3. The van der Waals surface area contributed by atoms with Crippen LogP contribution in [0.15, 0.2) is 53.1 Å². The molecule has 0 spiro atoms. The Morgan fingerprint density at radius 3 is 2.38 bits per heavy atom. The van der Waals surface area contributed by atoms with Crippen LogP contribution in [0.2, 0.25) is 5.02 Å². The first-order valence-corrected chi connectivity index (χ1v) is 10.1. The van der Waals surface area contributed by atoms with Gasteiger partial charge in [0, 0.05) is 26.6 Å². The molecule has 2 aromatic carbocycles. The molecule has 0 saturated heterocycles. The van der Waals surface area contributed by atoms with Crippen molar-refractivity contribution in [1.29, 1.82) is 0 Å². The van der Waals surface area contributed by atoms with Gasteiger partial charge in [-0.2, -0.15) is 4.98 Å². The molecule has 1 amide bonds. The first-order chi connectivity index (χ1) is 14.0. The molecule has 2 aromatic heterocycles. The Hall–Kier alpha value is -3.03. The van der Waals surface area contributed by atoms with Crippen molar-refractivity contribution >= 4 is 28.8 Å². The molecule has 0 aliphatic carbocycles. The molecule has 8 heteroatoms. The predicted molar refractivity (Wildman–Crippen MR) is 113 cm³/mol. The zero-order chi connectivity index (χ0) is 20.4. The summed E-state index contributed by atoms with van der Waals surface area (Å²) in [6, 6.07) is 14.6. The molecule has 0 aliphatic rings. The van der Waals surface area contributed by atoms with E-state index in [2.05, 4.69) is 20.4 Å². The number of aryl methyl sites for hydroxylation is 2. The summed E-state index contributed by atoms with van der Waals surface area (Å²) in [5.74, 6) is 0.833. The molecular weight excluding hydrogens is 408 g/mol. The smallest absolute Gasteiger partial charge is 0.257 e. The van der Waals surface area contributed by atoms with E-state index in [4.69, 9.17) is 16.1 Å². The third-order valence-electron chi connectivity index (χ3n) is 4.28. The molecule has 0 radical (unpaired) electrons. The average molecular weight is 425 g/mol. The van der Waals surface area contributed by atoms with Gasteiger partial charge in [-0.1, -0.05) is 28.9 Å². The number of hydrogen-bond donors (Lipinski definition) is 1. The van der Waals surface area contributed by atoms with Crippen molar-refractivity contribution < 1.29 is 9.32 Å². The van der Waals surface area contributed by atoms with Gasteiger partial charge in [-0.05, 0) is 50.2 Å². The van der Waals surface area contributed by atoms with E-state index in [-0.39, 0.29) is 5.91 Å². The topological polar surface area (TPSA) is 80.9 Å². The van der Waals surface area contributed by atoms with Gasteiger partial charge < -0.3 is 9.84 Å². The number of amides is 1. The van der Waals surface area contributed by atoms with E-state index in [0.29, 0.717) is 28.8 Å². The number of nitrogens with one attached hydrogen (secondary N) is 1. The lowest BCUT2D eigenvalue weighted by Gasteiger charge is -2.04. The average Bonchev–Trinajstić information content (AvgIpc) is 3.32. The Labute approximate surface area is 176 Å². The Morgan fingerprint density at radius 1 is 1.03 bits per heavy atom. The maximum absolute atomic E-state index is 12.5. The number of aromatic nitrogens is 3. The van der Waals surface area contributed by atoms with Crippen LogP contribution in [0.25, 0.3) is 22.7 Å². The summed E-state index contributed by atoms with van der Waals surface area (Å²) < 4.78 is 5.14. The molecule has 4 rings (SSSR count). The Balaban J connectivity index is 1.42. The van der Waals surface area contributed by atoms with Crippen LogP contribution in [0.1, 0.15) is 26.1 Å². The summed E-state index contributed by atoms with van der Waals surface area (Å²) in [5.41, 5.74) is 3.24. The number of carbonyl (C=O) groups is 1. The lowest BCUT2D eigenvalue weighted by molar-refractivity contribution is 0.0951. The monoisotopic (exact) mass is 424 g/mol. The molecule has 146 valence electrons. The molecule has 0 fully saturated rings. The molecule has 0 atom stereocenters. The van der Waals surface area contributed by atoms with Gasteiger partial charge >= 0.3 is 0 Å². The van der Waals surface area contributed by atoms with E-state index in [0.717, 1.165) is 26.7 Å². The second kappa shape index (κ2) is 8.14. The van der Waals surface area contributed by atoms with Crippen LogP contribution < -0.4 is 5.32 Å². The zero-order valence-electron chi connectivity index (χ0n) is 15.8. The van der Waals surface area contributed by atoms with Crippen LogP contribution in [-0.4, -0.2) is 21.0 Å². The number of benzene rings is 2. The summed E-state index contributed by atoms with van der Waals surface area (Å²) >= 11 is 7.52. The van der Waals surface area contributed by atoms with Crippen molar-refractivity contribution in [2.45, 2.75) is 20.4 Å². The van der Waals surface area contributed by atoms with Crippen LogP contribution in [0, 0.1) is 13.8 Å². The van der Waals surface area contributed by atoms with Crippen LogP contribution in [0.4, 0.5) is 0 Å². The van der Waals surface area contributed by atoms with E-state index in [9.17, 15) is 4.79 Å². The summed E-state index contributed by atoms with van der Waals surface area (Å²) in [4.78, 5) is 22.4. The fraction of sp³-hybridized carbons (Fsp3) is 0.143. The molecule has 0 saturated carbocycles. The largest absolute Gasteiger partial charge is 0.346 e. The molecule has 6 nitrogen and oxygen atoms in total. The minimum atomic E-state index is -0.167. The highest BCUT2D eigenvalue weighted by Gasteiger charge is 2.13. The molecule has 2 heterocycles. The maximum atomic E-state index is 12.5. The van der Waals surface area contributed by atoms with Gasteiger partial charge in [0.2, 0.25) is 0 Å². The van der Waals surface area contributed by atoms with Crippen molar-refractivity contribution in [2.75, 3.05) is 0 Å². The molecule has 29 heavy (non-hydrogen) atoms. The highest BCUT2D eigenvalue weighted by molar-refractivity contribution is 7.12. The molecule has 0 aliphatic heterocycles. The highest BCUT2D eigenvalue weighted by atomic mass is 35.5. The Morgan fingerprint density at radius 2 is 1.72 bits per heavy atom. The fourth-order valence-corrected chi connectivity index (χ4v) is 3.86. The molecule has 0 bridgehead atoms. The van der Waals surface area contributed by atoms with Crippen molar-refractivity contribution in [3.8, 4) is 22.7 Å². The van der Waals surface area contributed by atoms with Gasteiger partial charge in [-0.15, -0.1) is 11.3 Å². The molecule has 0 unspecified atom stereocenters. The van der Waals surface area contributed by atoms with Crippen LogP contribution in [-0.2, 0) is 6.54 Å². The summed E-state index contributed by atoms with van der Waals surface area (Å²) in [5, 5.41) is 8.22. The number of nitrogens with zero attached hydrogens (tertiary/aromatic N) is 3. The minimum Gasteiger partial charge on any atom is -0.346 e. The maximum Gasteiger partial charge on any atom is 0.257 e. The van der Waals surface area contributed by atoms with Gasteiger partial charge in [0.05, 0.1) is 12.2 Å². The lowest BCUT2D eigenvalue weighted by atomic mass is 10.1. The third-order valence-corrected chi connectivity index (χ3v) is 5.50. The third kappa shape index (κ3) is 4.36. The van der Waals surface area contributed by atoms with Crippen molar-refractivity contribution in [1.82, 2.24) is 20.4 Å². The van der Waals surface area contributed by atoms with E-state index in [1.165, 1.54) is 0 Å². The number of halogens is 1. The van der Waals surface area contributed by atoms with E-state index >= 15 is 0 Å². The number of rotatable bonds is 5. The van der Waals surface area contributed by atoms with E-state index in [1.807, 2.05) is 31.2 Å². The number of carbonyl (C=O) groups excluding carboxylic acids is 1. The first-order valence-electron chi connectivity index (χ1n) is 8.91. The summed E-state index contributed by atoms with van der Waals surface area (Å²) in [7, 11) is 0. The van der Waals surface area contributed by atoms with Gasteiger partial charge in [0.25, 0.3) is 11.8 Å². The lowest BCUT2D eigenvalue weighted by Crippen LogP contribution is -2.22. The fourth-order valence-electron chi connectivity index (χ4n) is 2.84. The molecule has 1 N–H and O–H groups in total. The highest BCUT2D eigenvalue weighted by Crippen LogP contribution is 2.28. The minimum absolute atomic E-state index is 0.167. The van der Waals surface area contributed by atoms with Gasteiger partial charge in [0.1, 0.15) is 5.01 Å². The summed E-state index contributed by atoms with van der Waals surface area (Å²) in [6.07, 6.45) is 0. The normalized spacial score (nSPS) is 10.9.